The molecule has 0 aromatic rings. The Morgan fingerprint density at radius 1 is 0.964 bits per heavy atom. The van der Waals surface area contributed by atoms with Crippen molar-refractivity contribution < 1.29 is 34.2 Å². The summed E-state index contributed by atoms with van der Waals surface area (Å²) in [6, 6.07) is -3.75. The van der Waals surface area contributed by atoms with Gasteiger partial charge in [-0.05, 0) is 59.2 Å². The highest BCUT2D eigenvalue weighted by Crippen LogP contribution is 2.65. The topological polar surface area (TPSA) is 189 Å². The molecular weight excluding hydrogens is 700 g/mol. The highest BCUT2D eigenvalue weighted by molar-refractivity contribution is 6.38. The Morgan fingerprint density at radius 2 is 1.60 bits per heavy atom. The van der Waals surface area contributed by atoms with Crippen LogP contribution in [-0.2, 0) is 24.0 Å². The Balaban J connectivity index is 0.00000812. The van der Waals surface area contributed by atoms with Crippen LogP contribution >= 0.6 is 0 Å². The number of nitrogens with one attached hydrogen (secondary N) is 4. The minimum atomic E-state index is -1.03. The Hall–Kier alpha value is -3.74. The molecule has 0 aromatic heterocycles. The molecule has 2 heterocycles. The second-order valence-electron chi connectivity index (χ2n) is 19.2. The summed E-state index contributed by atoms with van der Waals surface area (Å²) in [6.07, 6.45) is 8.60. The van der Waals surface area contributed by atoms with E-state index in [4.69, 9.17) is 0 Å². The zero-order valence-electron chi connectivity index (χ0n) is 35.0. The average Bonchev–Trinajstić information content (AvgIpc) is 3.37. The largest absolute Gasteiger partial charge is 0.412 e. The van der Waals surface area contributed by atoms with Gasteiger partial charge in [0.15, 0.2) is 0 Å². The zero-order valence-corrected chi connectivity index (χ0v) is 35.0. The van der Waals surface area contributed by atoms with Gasteiger partial charge in [-0.15, -0.1) is 6.58 Å². The highest BCUT2D eigenvalue weighted by atomic mass is 16.2. The van der Waals surface area contributed by atoms with Gasteiger partial charge in [-0.25, -0.2) is 4.79 Å². The van der Waals surface area contributed by atoms with Crippen LogP contribution in [0.3, 0.4) is 0 Å². The van der Waals surface area contributed by atoms with Crippen LogP contribution in [0.2, 0.25) is 0 Å². The number of carbonyl (C=O) groups excluding carboxylic acids is 6. The van der Waals surface area contributed by atoms with Gasteiger partial charge in [-0.1, -0.05) is 107 Å². The molecule has 3 unspecified atom stereocenters. The number of ketones is 1. The van der Waals surface area contributed by atoms with Gasteiger partial charge < -0.3 is 36.5 Å². The predicted octanol–water partition coefficient (Wildman–Crippen LogP) is 4.41. The van der Waals surface area contributed by atoms with Crippen LogP contribution in [0.15, 0.2) is 24.9 Å². The molecule has 2 saturated heterocycles. The molecule has 4 aliphatic rings. The van der Waals surface area contributed by atoms with E-state index in [1.165, 1.54) is 6.08 Å². The lowest BCUT2D eigenvalue weighted by atomic mass is 9.70. The van der Waals surface area contributed by atoms with Crippen LogP contribution in [0.25, 0.3) is 0 Å². The third kappa shape index (κ3) is 10.4. The van der Waals surface area contributed by atoms with Crippen LogP contribution < -0.4 is 21.3 Å². The number of nitrogens with zero attached hydrogens (tertiary/aromatic N) is 2. The van der Waals surface area contributed by atoms with E-state index in [0.29, 0.717) is 32.2 Å². The molecule has 0 radical (unpaired) electrons. The first kappa shape index (κ1) is 45.6. The SMILES string of the molecule is C=CCNC(=O)C(=O)C(CCCC)NC(=O)[C@@H]1C2C(CN1C(=O)[C@@H](NC(=O)N[C@H](CN1C(=C)CC(C)(C)CC1=O)C(C)(C)C)C1(C)CCCCC1)C2(C)C.O. The maximum Gasteiger partial charge on any atom is 0.315 e. The van der Waals surface area contributed by atoms with Gasteiger partial charge in [-0.2, -0.15) is 0 Å². The first-order valence-electron chi connectivity index (χ1n) is 20.2. The van der Waals surface area contributed by atoms with Gasteiger partial charge in [0.2, 0.25) is 23.5 Å². The van der Waals surface area contributed by atoms with Crippen LogP contribution in [0, 0.1) is 33.5 Å². The first-order valence-corrected chi connectivity index (χ1v) is 20.2. The van der Waals surface area contributed by atoms with Crippen LogP contribution in [0.4, 0.5) is 4.79 Å². The standard InChI is InChI=1S/C42H68N6O6.H2O/c1-12-14-18-28(33(50)36(52)43-21-13-2)44-35(51)32-31-27(41(31,9)10)24-48(32)37(53)34(42(11)19-16-15-17-20-42)46-38(54)45-29(39(4,5)6)25-47-26(3)22-40(7,8)23-30(47)49;/h13,27-29,31-32,34H,2-3,12,14-25H2,1,4-11H3,(H,43,52)(H,44,51)(H2,45,46,54);1H2/t27?,28?,29-,31?,32+,34-;/m1./s1. The van der Waals surface area contributed by atoms with Gasteiger partial charge in [0.25, 0.3) is 5.91 Å². The number of fused-ring (bicyclic) bond motifs is 1. The molecule has 4 fully saturated rings. The van der Waals surface area contributed by atoms with Gasteiger partial charge in [0, 0.05) is 31.8 Å². The summed E-state index contributed by atoms with van der Waals surface area (Å²) in [7, 11) is 0. The second-order valence-corrected chi connectivity index (χ2v) is 19.2. The molecule has 55 heavy (non-hydrogen) atoms. The molecule has 6 N–H and O–H groups in total. The predicted molar refractivity (Wildman–Crippen MR) is 213 cm³/mol. The Kier molecular flexibility index (Phi) is 14.6. The molecule has 2 saturated carbocycles. The lowest BCUT2D eigenvalue weighted by Crippen LogP contribution is -2.64. The van der Waals surface area contributed by atoms with Crippen LogP contribution in [0.1, 0.15) is 127 Å². The molecular formula is C42H70N6O7. The van der Waals surface area contributed by atoms with Crippen LogP contribution in [-0.4, -0.2) is 94.5 Å². The first-order chi connectivity index (χ1) is 25.1. The molecule has 310 valence electrons. The van der Waals surface area contributed by atoms with E-state index in [1.54, 1.807) is 9.80 Å². The summed E-state index contributed by atoms with van der Waals surface area (Å²) in [6.45, 7) is 26.9. The summed E-state index contributed by atoms with van der Waals surface area (Å²) < 4.78 is 0. The molecule has 13 nitrogen and oxygen atoms in total. The quantitative estimate of drug-likeness (QED) is 0.141. The van der Waals surface area contributed by atoms with Gasteiger partial charge in [0.1, 0.15) is 12.1 Å². The van der Waals surface area contributed by atoms with Crippen molar-refractivity contribution in [3.8, 4) is 0 Å². The van der Waals surface area contributed by atoms with Crippen molar-refractivity contribution in [1.29, 1.82) is 0 Å². The van der Waals surface area contributed by atoms with Crippen molar-refractivity contribution in [3.05, 3.63) is 24.9 Å². The molecule has 13 heteroatoms. The maximum atomic E-state index is 14.9. The Morgan fingerprint density at radius 3 is 2.16 bits per heavy atom. The molecule has 2 aliphatic carbocycles. The normalized spacial score (nSPS) is 25.3. The van der Waals surface area contributed by atoms with E-state index in [1.807, 2.05) is 34.6 Å². The van der Waals surface area contributed by atoms with Gasteiger partial charge >= 0.3 is 6.03 Å². The van der Waals surface area contributed by atoms with Gasteiger partial charge in [0.05, 0.1) is 12.1 Å². The smallest absolute Gasteiger partial charge is 0.315 e. The van der Waals surface area contributed by atoms with E-state index < -0.39 is 58.6 Å². The van der Waals surface area contributed by atoms with E-state index >= 15 is 0 Å². The maximum absolute atomic E-state index is 14.9. The molecule has 0 aromatic carbocycles. The zero-order chi connectivity index (χ0) is 40.4. The summed E-state index contributed by atoms with van der Waals surface area (Å²) in [5.41, 5.74) is -0.631. The number of urea groups is 1. The number of hydrogen-bond acceptors (Lipinski definition) is 6. The average molecular weight is 771 g/mol. The van der Waals surface area contributed by atoms with Crippen molar-refractivity contribution in [1.82, 2.24) is 31.1 Å². The van der Waals surface area contributed by atoms with Crippen LogP contribution in [0.5, 0.6) is 0 Å². The van der Waals surface area contributed by atoms with Crippen molar-refractivity contribution in [3.63, 3.8) is 0 Å². The van der Waals surface area contributed by atoms with Crippen molar-refractivity contribution in [2.24, 2.45) is 33.5 Å². The minimum Gasteiger partial charge on any atom is -0.412 e. The van der Waals surface area contributed by atoms with Crippen molar-refractivity contribution in [2.75, 3.05) is 19.6 Å². The number of amides is 6. The molecule has 6 amide bonds. The number of Topliss-reactive ketones (excluding diaryl/α,β-unsaturated/α-hetero) is 1. The second kappa shape index (κ2) is 17.6. The number of unbranched alkanes of at least 4 members (excludes halogenated alkanes) is 1. The summed E-state index contributed by atoms with van der Waals surface area (Å²) in [4.78, 5) is 85.8. The number of carbonyl (C=O) groups is 6. The fourth-order valence-corrected chi connectivity index (χ4v) is 9.18. The summed E-state index contributed by atoms with van der Waals surface area (Å²) >= 11 is 0. The highest BCUT2D eigenvalue weighted by Gasteiger charge is 2.70. The van der Waals surface area contributed by atoms with E-state index in [-0.39, 0.29) is 53.0 Å². The third-order valence-electron chi connectivity index (χ3n) is 12.8. The van der Waals surface area contributed by atoms with Crippen molar-refractivity contribution >= 4 is 35.4 Å². The number of rotatable bonds is 15. The van der Waals surface area contributed by atoms with E-state index in [9.17, 15) is 28.8 Å². The summed E-state index contributed by atoms with van der Waals surface area (Å²) in [5, 5.41) is 11.6. The lowest BCUT2D eigenvalue weighted by molar-refractivity contribution is -0.146. The Bertz CT molecular complexity index is 1470. The number of hydrogen-bond donors (Lipinski definition) is 4. The third-order valence-corrected chi connectivity index (χ3v) is 12.8. The lowest BCUT2D eigenvalue weighted by Gasteiger charge is -2.44. The summed E-state index contributed by atoms with van der Waals surface area (Å²) in [5.74, 6) is -2.34. The van der Waals surface area contributed by atoms with E-state index in [2.05, 4.69) is 62.1 Å². The van der Waals surface area contributed by atoms with Crippen molar-refractivity contribution in [2.45, 2.75) is 151 Å². The molecule has 6 atom stereocenters. The minimum absolute atomic E-state index is 0. The van der Waals surface area contributed by atoms with E-state index in [0.717, 1.165) is 44.2 Å². The number of allylic oxidation sites excluding steroid dienone is 1. The van der Waals surface area contributed by atoms with Gasteiger partial charge in [-0.3, -0.25) is 24.0 Å². The fourth-order valence-electron chi connectivity index (χ4n) is 9.18. The number of piperidine rings is 2. The number of likely N-dealkylation sites (tertiary alicyclic amines) is 2. The molecule has 4 rings (SSSR count). The molecule has 2 aliphatic heterocycles. The Labute approximate surface area is 328 Å². The molecule has 0 bridgehead atoms. The monoisotopic (exact) mass is 771 g/mol. The molecule has 0 spiro atoms. The fraction of sp³-hybridized carbons (Fsp3) is 0.762.